The van der Waals surface area contributed by atoms with Gasteiger partial charge in [-0.15, -0.1) is 10.2 Å². The molecule has 3 aliphatic rings. The Balaban J connectivity index is 1.28. The highest BCUT2D eigenvalue weighted by molar-refractivity contribution is 5.70. The Hall–Kier alpha value is -3.65. The predicted octanol–water partition coefficient (Wildman–Crippen LogP) is 2.89. The first-order chi connectivity index (χ1) is 17.2. The van der Waals surface area contributed by atoms with Crippen LogP contribution in [-0.4, -0.2) is 64.4 Å². The molecule has 4 atom stereocenters. The quantitative estimate of drug-likeness (QED) is 0.556. The van der Waals surface area contributed by atoms with E-state index < -0.39 is 11.7 Å². The number of fused-ring (bicyclic) bond motifs is 2. The fraction of sp³-hybridized carbons (Fsp3) is 0.520. The lowest BCUT2D eigenvalue weighted by Crippen LogP contribution is -2.66. The van der Waals surface area contributed by atoms with E-state index >= 15 is 4.39 Å². The van der Waals surface area contributed by atoms with Gasteiger partial charge >= 0.3 is 0 Å². The molecule has 6 rings (SSSR count). The molecule has 11 heteroatoms. The molecule has 3 fully saturated rings. The van der Waals surface area contributed by atoms with Crippen LogP contribution < -0.4 is 10.2 Å². The summed E-state index contributed by atoms with van der Waals surface area (Å²) in [6.07, 6.45) is 5.12. The molecule has 0 unspecified atom stereocenters. The summed E-state index contributed by atoms with van der Waals surface area (Å²) in [7, 11) is 1.63. The molecule has 2 saturated heterocycles. The van der Waals surface area contributed by atoms with Gasteiger partial charge in [-0.25, -0.2) is 14.1 Å². The number of alkyl halides is 1. The van der Waals surface area contributed by atoms with Gasteiger partial charge in [0.2, 0.25) is 5.82 Å². The van der Waals surface area contributed by atoms with E-state index in [2.05, 4.69) is 42.4 Å². The SMILES string of the molecule is Cn1nc(-c2ccc(-c3ncc(N(C4CC4)[C@H]4C[C@]5(C)CC[C@@](C)(N5)[C@H]4F)nn3)c(O)c2)nc1C#N. The number of rotatable bonds is 5. The summed E-state index contributed by atoms with van der Waals surface area (Å²) in [6, 6.07) is 6.86. The van der Waals surface area contributed by atoms with Gasteiger partial charge in [-0.1, -0.05) is 6.07 Å². The summed E-state index contributed by atoms with van der Waals surface area (Å²) in [6.45, 7) is 4.17. The van der Waals surface area contributed by atoms with Gasteiger partial charge in [0.15, 0.2) is 17.5 Å². The molecular formula is C25H28FN9O. The van der Waals surface area contributed by atoms with Gasteiger partial charge in [0.1, 0.15) is 18.0 Å². The van der Waals surface area contributed by atoms with E-state index in [1.807, 2.05) is 13.0 Å². The summed E-state index contributed by atoms with van der Waals surface area (Å²) in [5.74, 6) is 1.31. The lowest BCUT2D eigenvalue weighted by atomic mass is 9.82. The first-order valence-corrected chi connectivity index (χ1v) is 12.3. The van der Waals surface area contributed by atoms with Crippen LogP contribution in [0, 0.1) is 11.3 Å². The topological polar surface area (TPSA) is 129 Å². The Labute approximate surface area is 208 Å². The van der Waals surface area contributed by atoms with E-state index in [0.29, 0.717) is 29.2 Å². The van der Waals surface area contributed by atoms with Crippen molar-refractivity contribution < 1.29 is 9.50 Å². The Kier molecular flexibility index (Phi) is 5.02. The van der Waals surface area contributed by atoms with Crippen LogP contribution >= 0.6 is 0 Å². The van der Waals surface area contributed by atoms with Crippen molar-refractivity contribution in [3.8, 4) is 34.6 Å². The molecule has 1 aliphatic carbocycles. The third kappa shape index (κ3) is 3.67. The highest BCUT2D eigenvalue weighted by Gasteiger charge is 2.58. The van der Waals surface area contributed by atoms with Gasteiger partial charge < -0.3 is 15.3 Å². The largest absolute Gasteiger partial charge is 0.507 e. The van der Waals surface area contributed by atoms with E-state index in [9.17, 15) is 5.11 Å². The van der Waals surface area contributed by atoms with Gasteiger partial charge in [-0.3, -0.25) is 0 Å². The van der Waals surface area contributed by atoms with Gasteiger partial charge in [0.25, 0.3) is 0 Å². The molecule has 2 aliphatic heterocycles. The van der Waals surface area contributed by atoms with E-state index in [1.54, 1.807) is 25.4 Å². The smallest absolute Gasteiger partial charge is 0.231 e. The molecule has 1 saturated carbocycles. The van der Waals surface area contributed by atoms with Crippen molar-refractivity contribution in [2.24, 2.45) is 7.05 Å². The van der Waals surface area contributed by atoms with E-state index in [-0.39, 0.29) is 35.0 Å². The number of piperidine rings is 1. The fourth-order valence-electron chi connectivity index (χ4n) is 5.89. The van der Waals surface area contributed by atoms with Crippen molar-refractivity contribution in [2.45, 2.75) is 75.3 Å². The van der Waals surface area contributed by atoms with Crippen molar-refractivity contribution in [3.05, 3.63) is 30.2 Å². The second kappa shape index (κ2) is 7.93. The number of hydrogen-bond acceptors (Lipinski definition) is 9. The second-order valence-electron chi connectivity index (χ2n) is 10.8. The maximum absolute atomic E-state index is 15.8. The van der Waals surface area contributed by atoms with Gasteiger partial charge in [0.05, 0.1) is 17.8 Å². The van der Waals surface area contributed by atoms with Crippen LogP contribution in [0.2, 0.25) is 0 Å². The predicted molar refractivity (Wildman–Crippen MR) is 130 cm³/mol. The number of anilines is 1. The zero-order valence-electron chi connectivity index (χ0n) is 20.5. The Morgan fingerprint density at radius 3 is 2.67 bits per heavy atom. The van der Waals surface area contributed by atoms with Gasteiger partial charge in [-0.2, -0.15) is 15.3 Å². The molecule has 10 nitrogen and oxygen atoms in total. The Morgan fingerprint density at radius 1 is 1.22 bits per heavy atom. The van der Waals surface area contributed by atoms with E-state index in [0.717, 1.165) is 25.7 Å². The zero-order chi connectivity index (χ0) is 25.2. The maximum atomic E-state index is 15.8. The van der Waals surface area contributed by atoms with Crippen molar-refractivity contribution in [2.75, 3.05) is 4.90 Å². The number of phenols is 1. The second-order valence-corrected chi connectivity index (χ2v) is 10.8. The zero-order valence-corrected chi connectivity index (χ0v) is 20.5. The average Bonchev–Trinajstić information content (AvgIpc) is 3.56. The first kappa shape index (κ1) is 22.8. The summed E-state index contributed by atoms with van der Waals surface area (Å²) in [5, 5.41) is 36.3. The normalized spacial score (nSPS) is 29.2. The number of hydrogen-bond donors (Lipinski definition) is 2. The lowest BCUT2D eigenvalue weighted by Gasteiger charge is -2.48. The average molecular weight is 490 g/mol. The standard InChI is InChI=1S/C25H28FN9O/c1-24-8-9-25(2,33-24)21(26)17(11-24)35(15-5-6-15)20-13-28-23(31-30-20)16-7-4-14(10-18(16)36)22-29-19(12-27)34(3)32-22/h4,7,10,13,15,17,21,33,36H,5-6,8-9,11H2,1-3H3/t17-,21-,24-,25+/m0/s1. The molecule has 2 bridgehead atoms. The van der Waals surface area contributed by atoms with Crippen molar-refractivity contribution in [1.82, 2.24) is 35.3 Å². The van der Waals surface area contributed by atoms with Crippen LogP contribution in [0.1, 0.15) is 51.8 Å². The number of nitriles is 1. The molecule has 4 heterocycles. The summed E-state index contributed by atoms with van der Waals surface area (Å²) < 4.78 is 17.2. The highest BCUT2D eigenvalue weighted by Crippen LogP contribution is 2.47. The third-order valence-corrected chi connectivity index (χ3v) is 7.86. The highest BCUT2D eigenvalue weighted by atomic mass is 19.1. The van der Waals surface area contributed by atoms with Crippen molar-refractivity contribution in [1.29, 1.82) is 5.26 Å². The number of halogens is 1. The fourth-order valence-corrected chi connectivity index (χ4v) is 5.89. The third-order valence-electron chi connectivity index (χ3n) is 7.86. The maximum Gasteiger partial charge on any atom is 0.231 e. The Morgan fingerprint density at radius 2 is 2.03 bits per heavy atom. The van der Waals surface area contributed by atoms with Crippen LogP contribution in [0.4, 0.5) is 10.2 Å². The van der Waals surface area contributed by atoms with Gasteiger partial charge in [0, 0.05) is 29.7 Å². The van der Waals surface area contributed by atoms with Crippen LogP contribution in [0.5, 0.6) is 5.75 Å². The number of phenolic OH excluding ortho intramolecular Hbond substituents is 1. The van der Waals surface area contributed by atoms with E-state index in [1.165, 1.54) is 10.7 Å². The summed E-state index contributed by atoms with van der Waals surface area (Å²) in [5.41, 5.74) is 0.361. The minimum absolute atomic E-state index is 0.0494. The molecule has 1 aromatic carbocycles. The number of nitrogens with one attached hydrogen (secondary N) is 1. The van der Waals surface area contributed by atoms with Crippen LogP contribution in [0.25, 0.3) is 22.8 Å². The molecule has 0 amide bonds. The molecule has 0 spiro atoms. The number of nitrogens with zero attached hydrogens (tertiary/aromatic N) is 8. The summed E-state index contributed by atoms with van der Waals surface area (Å²) in [4.78, 5) is 10.8. The van der Waals surface area contributed by atoms with Gasteiger partial charge in [-0.05, 0) is 58.1 Å². The molecular weight excluding hydrogens is 461 g/mol. The molecule has 2 aromatic heterocycles. The number of benzene rings is 1. The number of aryl methyl sites for hydroxylation is 1. The van der Waals surface area contributed by atoms with Crippen LogP contribution in [0.15, 0.2) is 24.4 Å². The van der Waals surface area contributed by atoms with Crippen molar-refractivity contribution in [3.63, 3.8) is 0 Å². The minimum Gasteiger partial charge on any atom is -0.507 e. The molecule has 2 N–H and O–H groups in total. The lowest BCUT2D eigenvalue weighted by molar-refractivity contribution is 0.0831. The molecule has 186 valence electrons. The van der Waals surface area contributed by atoms with E-state index in [4.69, 9.17) is 5.26 Å². The van der Waals surface area contributed by atoms with Crippen LogP contribution in [0.3, 0.4) is 0 Å². The Bertz CT molecular complexity index is 1360. The van der Waals surface area contributed by atoms with Crippen molar-refractivity contribution >= 4 is 5.82 Å². The number of aromatic nitrogens is 6. The monoisotopic (exact) mass is 489 g/mol. The minimum atomic E-state index is -1.02. The van der Waals surface area contributed by atoms with Crippen LogP contribution in [-0.2, 0) is 7.05 Å². The molecule has 3 aromatic rings. The number of aromatic hydroxyl groups is 1. The molecule has 36 heavy (non-hydrogen) atoms. The first-order valence-electron chi connectivity index (χ1n) is 12.3. The molecule has 0 radical (unpaired) electrons. The summed E-state index contributed by atoms with van der Waals surface area (Å²) >= 11 is 0.